The first-order chi connectivity index (χ1) is 6.31. The van der Waals surface area contributed by atoms with Gasteiger partial charge in [0.2, 0.25) is 11.2 Å². The van der Waals surface area contributed by atoms with E-state index in [1.807, 2.05) is 18.7 Å². The predicted molar refractivity (Wildman–Crippen MR) is 53.2 cm³/mol. The maximum Gasteiger partial charge on any atom is 0.225 e. The van der Waals surface area contributed by atoms with Gasteiger partial charge in [-0.2, -0.15) is 16.7 Å². The van der Waals surface area contributed by atoms with Gasteiger partial charge in [-0.3, -0.25) is 0 Å². The zero-order valence-corrected chi connectivity index (χ0v) is 8.78. The van der Waals surface area contributed by atoms with Crippen LogP contribution in [-0.2, 0) is 11.5 Å². The van der Waals surface area contributed by atoms with Gasteiger partial charge < -0.3 is 4.74 Å². The highest BCUT2D eigenvalue weighted by molar-refractivity contribution is 7.98. The Kier molecular flexibility index (Phi) is 2.60. The highest BCUT2D eigenvalue weighted by Gasteiger charge is 2.19. The standard InChI is InChI=1S/C8H9ClN2OS/c1-2-12-7-5-3-13-4-6(5)10-8(9)11-7/h2-4H2,1H3. The third-order valence-electron chi connectivity index (χ3n) is 1.79. The van der Waals surface area contributed by atoms with Crippen molar-refractivity contribution in [3.63, 3.8) is 0 Å². The molecule has 2 rings (SSSR count). The molecule has 2 heterocycles. The third kappa shape index (κ3) is 1.74. The lowest BCUT2D eigenvalue weighted by Crippen LogP contribution is -2.01. The first-order valence-corrected chi connectivity index (χ1v) is 5.60. The summed E-state index contributed by atoms with van der Waals surface area (Å²) >= 11 is 7.56. The number of thioether (sulfide) groups is 1. The van der Waals surface area contributed by atoms with Crippen LogP contribution in [0.25, 0.3) is 0 Å². The van der Waals surface area contributed by atoms with Gasteiger partial charge >= 0.3 is 0 Å². The largest absolute Gasteiger partial charge is 0.478 e. The maximum absolute atomic E-state index is 5.75. The lowest BCUT2D eigenvalue weighted by Gasteiger charge is -2.06. The Balaban J connectivity index is 2.43. The number of rotatable bonds is 2. The molecule has 0 aliphatic carbocycles. The molecular weight excluding hydrogens is 208 g/mol. The maximum atomic E-state index is 5.75. The van der Waals surface area contributed by atoms with E-state index >= 15 is 0 Å². The van der Waals surface area contributed by atoms with Gasteiger partial charge in [0.25, 0.3) is 0 Å². The first kappa shape index (κ1) is 9.09. The van der Waals surface area contributed by atoms with Gasteiger partial charge in [-0.25, -0.2) is 4.98 Å². The second-order valence-corrected chi connectivity index (χ2v) is 3.97. The van der Waals surface area contributed by atoms with Crippen molar-refractivity contribution < 1.29 is 4.74 Å². The zero-order chi connectivity index (χ0) is 9.26. The van der Waals surface area contributed by atoms with Crippen LogP contribution >= 0.6 is 23.4 Å². The molecule has 0 radical (unpaired) electrons. The van der Waals surface area contributed by atoms with Crippen LogP contribution in [0.1, 0.15) is 18.2 Å². The minimum absolute atomic E-state index is 0.282. The van der Waals surface area contributed by atoms with Gasteiger partial charge in [0.1, 0.15) is 0 Å². The van der Waals surface area contributed by atoms with Gasteiger partial charge in [-0.15, -0.1) is 0 Å². The van der Waals surface area contributed by atoms with E-state index in [1.54, 1.807) is 0 Å². The molecule has 0 atom stereocenters. The molecule has 3 nitrogen and oxygen atoms in total. The average Bonchev–Trinajstić information content (AvgIpc) is 2.52. The van der Waals surface area contributed by atoms with Gasteiger partial charge in [-0.05, 0) is 18.5 Å². The molecule has 0 bridgehead atoms. The summed E-state index contributed by atoms with van der Waals surface area (Å²) in [5, 5.41) is 0.282. The van der Waals surface area contributed by atoms with E-state index in [0.29, 0.717) is 12.5 Å². The quantitative estimate of drug-likeness (QED) is 0.711. The Bertz CT molecular complexity index is 332. The minimum Gasteiger partial charge on any atom is -0.478 e. The Hall–Kier alpha value is -0.480. The molecule has 70 valence electrons. The van der Waals surface area contributed by atoms with Gasteiger partial charge in [0.15, 0.2) is 0 Å². The lowest BCUT2D eigenvalue weighted by molar-refractivity contribution is 0.323. The highest BCUT2D eigenvalue weighted by atomic mass is 35.5. The van der Waals surface area contributed by atoms with Gasteiger partial charge in [0.05, 0.1) is 12.3 Å². The summed E-state index contributed by atoms with van der Waals surface area (Å²) in [7, 11) is 0. The Morgan fingerprint density at radius 2 is 2.31 bits per heavy atom. The van der Waals surface area contributed by atoms with Crippen molar-refractivity contribution >= 4 is 23.4 Å². The molecule has 0 fully saturated rings. The molecule has 13 heavy (non-hydrogen) atoms. The van der Waals surface area contributed by atoms with Crippen molar-refractivity contribution in [2.24, 2.45) is 0 Å². The van der Waals surface area contributed by atoms with E-state index in [2.05, 4.69) is 9.97 Å². The molecule has 1 aromatic heterocycles. The smallest absolute Gasteiger partial charge is 0.225 e. The number of nitrogens with zero attached hydrogens (tertiary/aromatic N) is 2. The van der Waals surface area contributed by atoms with E-state index in [9.17, 15) is 0 Å². The van der Waals surface area contributed by atoms with Crippen LogP contribution in [0.4, 0.5) is 0 Å². The molecule has 1 aromatic rings. The van der Waals surface area contributed by atoms with Crippen molar-refractivity contribution in [1.29, 1.82) is 0 Å². The second-order valence-electron chi connectivity index (χ2n) is 2.65. The van der Waals surface area contributed by atoms with Crippen molar-refractivity contribution in [2.45, 2.75) is 18.4 Å². The fourth-order valence-electron chi connectivity index (χ4n) is 1.25. The number of ether oxygens (including phenoxy) is 1. The van der Waals surface area contributed by atoms with Gasteiger partial charge in [0, 0.05) is 17.1 Å². The van der Waals surface area contributed by atoms with Gasteiger partial charge in [-0.1, -0.05) is 0 Å². The summed E-state index contributed by atoms with van der Waals surface area (Å²) in [6.07, 6.45) is 0. The topological polar surface area (TPSA) is 35.0 Å². The fraction of sp³-hybridized carbons (Fsp3) is 0.500. The summed E-state index contributed by atoms with van der Waals surface area (Å²) in [5.74, 6) is 2.50. The van der Waals surface area contributed by atoms with Crippen molar-refractivity contribution in [2.75, 3.05) is 6.61 Å². The van der Waals surface area contributed by atoms with Crippen LogP contribution < -0.4 is 4.74 Å². The van der Waals surface area contributed by atoms with Crippen molar-refractivity contribution in [3.05, 3.63) is 16.5 Å². The SMILES string of the molecule is CCOc1nc(Cl)nc2c1CSC2. The fourth-order valence-corrected chi connectivity index (χ4v) is 2.46. The van der Waals surface area contributed by atoms with E-state index in [4.69, 9.17) is 16.3 Å². The van der Waals surface area contributed by atoms with Crippen LogP contribution in [0.15, 0.2) is 0 Å². The van der Waals surface area contributed by atoms with E-state index in [0.717, 1.165) is 22.8 Å². The Morgan fingerprint density at radius 1 is 1.46 bits per heavy atom. The Morgan fingerprint density at radius 3 is 3.08 bits per heavy atom. The predicted octanol–water partition coefficient (Wildman–Crippen LogP) is 2.28. The molecular formula is C8H9ClN2OS. The number of hydrogen-bond donors (Lipinski definition) is 0. The molecule has 0 unspecified atom stereocenters. The second kappa shape index (κ2) is 3.72. The molecule has 1 aliphatic heterocycles. The molecule has 0 N–H and O–H groups in total. The average molecular weight is 217 g/mol. The number of hydrogen-bond acceptors (Lipinski definition) is 4. The van der Waals surface area contributed by atoms with Crippen LogP contribution in [-0.4, -0.2) is 16.6 Å². The summed E-state index contributed by atoms with van der Waals surface area (Å²) in [6.45, 7) is 2.55. The Labute approximate surface area is 85.9 Å². The zero-order valence-electron chi connectivity index (χ0n) is 7.21. The lowest BCUT2D eigenvalue weighted by atomic mass is 10.3. The normalized spacial score (nSPS) is 14.3. The molecule has 0 amide bonds. The van der Waals surface area contributed by atoms with Crippen molar-refractivity contribution in [3.8, 4) is 5.88 Å². The molecule has 0 saturated heterocycles. The van der Waals surface area contributed by atoms with Crippen LogP contribution in [0.5, 0.6) is 5.88 Å². The van der Waals surface area contributed by atoms with E-state index in [1.165, 1.54) is 0 Å². The third-order valence-corrected chi connectivity index (χ3v) is 2.93. The van der Waals surface area contributed by atoms with Crippen LogP contribution in [0.2, 0.25) is 5.28 Å². The molecule has 5 heteroatoms. The molecule has 0 spiro atoms. The number of halogens is 1. The van der Waals surface area contributed by atoms with Crippen LogP contribution in [0, 0.1) is 0 Å². The summed E-state index contributed by atoms with van der Waals surface area (Å²) in [6, 6.07) is 0. The molecule has 0 saturated carbocycles. The van der Waals surface area contributed by atoms with E-state index in [-0.39, 0.29) is 5.28 Å². The molecule has 1 aliphatic rings. The number of fused-ring (bicyclic) bond motifs is 1. The first-order valence-electron chi connectivity index (χ1n) is 4.07. The summed E-state index contributed by atoms with van der Waals surface area (Å²) < 4.78 is 5.38. The van der Waals surface area contributed by atoms with Crippen LogP contribution in [0.3, 0.4) is 0 Å². The molecule has 0 aromatic carbocycles. The summed E-state index contributed by atoms with van der Waals surface area (Å²) in [4.78, 5) is 8.20. The highest BCUT2D eigenvalue weighted by Crippen LogP contribution is 2.34. The van der Waals surface area contributed by atoms with Crippen molar-refractivity contribution in [1.82, 2.24) is 9.97 Å². The number of aromatic nitrogens is 2. The minimum atomic E-state index is 0.282. The van der Waals surface area contributed by atoms with E-state index < -0.39 is 0 Å². The monoisotopic (exact) mass is 216 g/mol. The summed E-state index contributed by atoms with van der Waals surface area (Å²) in [5.41, 5.74) is 2.13.